The average molecular weight is 487 g/mol. The van der Waals surface area contributed by atoms with Gasteiger partial charge in [0.15, 0.2) is 0 Å². The third-order valence-electron chi connectivity index (χ3n) is 7.57. The number of nitrogens with zero attached hydrogens (tertiary/aromatic N) is 4. The lowest BCUT2D eigenvalue weighted by Crippen LogP contribution is -2.40. The van der Waals surface area contributed by atoms with Crippen molar-refractivity contribution in [3.05, 3.63) is 30.2 Å². The van der Waals surface area contributed by atoms with Crippen molar-refractivity contribution in [2.75, 3.05) is 26.2 Å². The van der Waals surface area contributed by atoms with Crippen LogP contribution in [0.5, 0.6) is 0 Å². The van der Waals surface area contributed by atoms with Crippen LogP contribution in [-0.2, 0) is 14.8 Å². The van der Waals surface area contributed by atoms with Gasteiger partial charge >= 0.3 is 0 Å². The summed E-state index contributed by atoms with van der Waals surface area (Å²) in [6, 6.07) is 6.70. The fraction of sp³-hybridized carbons (Fsp3) is 0.640. The summed E-state index contributed by atoms with van der Waals surface area (Å²) in [4.78, 5) is 19.8. The smallest absolute Gasteiger partial charge is 0.243 e. The lowest BCUT2D eigenvalue weighted by atomic mass is 9.86. The number of hydrogen-bond donors (Lipinski definition) is 0. The fourth-order valence-corrected chi connectivity index (χ4v) is 7.06. The molecule has 3 fully saturated rings. The van der Waals surface area contributed by atoms with Crippen LogP contribution in [0, 0.1) is 5.92 Å². The molecule has 1 atom stereocenters. The van der Waals surface area contributed by atoms with Gasteiger partial charge in [0.05, 0.1) is 10.8 Å². The lowest BCUT2D eigenvalue weighted by molar-refractivity contribution is -0.133. The molecule has 3 heterocycles. The van der Waals surface area contributed by atoms with Gasteiger partial charge in [0.1, 0.15) is 0 Å². The van der Waals surface area contributed by atoms with Crippen LogP contribution in [0.3, 0.4) is 0 Å². The number of carbonyl (C=O) groups is 1. The minimum absolute atomic E-state index is 0.0418. The third-order valence-corrected chi connectivity index (χ3v) is 9.48. The molecule has 1 amide bonds. The van der Waals surface area contributed by atoms with Gasteiger partial charge in [-0.1, -0.05) is 24.4 Å². The Morgan fingerprint density at radius 2 is 1.68 bits per heavy atom. The topological polar surface area (TPSA) is 96.6 Å². The number of benzene rings is 1. The van der Waals surface area contributed by atoms with E-state index in [9.17, 15) is 13.2 Å². The Bertz CT molecular complexity index is 1090. The van der Waals surface area contributed by atoms with Crippen LogP contribution in [0.25, 0.3) is 11.4 Å². The molecule has 0 N–H and O–H groups in total. The van der Waals surface area contributed by atoms with Crippen molar-refractivity contribution in [2.24, 2.45) is 5.92 Å². The van der Waals surface area contributed by atoms with E-state index in [-0.39, 0.29) is 11.8 Å². The van der Waals surface area contributed by atoms with Crippen molar-refractivity contribution in [2.45, 2.75) is 75.0 Å². The first-order valence-corrected chi connectivity index (χ1v) is 14.2. The first-order chi connectivity index (χ1) is 16.5. The van der Waals surface area contributed by atoms with Crippen molar-refractivity contribution < 1.29 is 17.7 Å². The number of rotatable bonds is 6. The SMILES string of the molecule is O=C(CC1CCCCC1)N1CCC[C@@H](c2nc(-c3ccc(S(=O)(=O)N4CCCC4)cc3)no2)C1. The standard InChI is InChI=1S/C25H34N4O4S/c30-23(17-19-7-2-1-3-8-19)28-14-6-9-21(18-28)25-26-24(27-33-25)20-10-12-22(13-11-20)34(31,32)29-15-4-5-16-29/h10-13,19,21H,1-9,14-18H2/t21-/m1/s1. The maximum Gasteiger partial charge on any atom is 0.243 e. The van der Waals surface area contributed by atoms with Crippen LogP contribution in [-0.4, -0.2) is 59.8 Å². The molecule has 0 unspecified atom stereocenters. The van der Waals surface area contributed by atoms with E-state index in [4.69, 9.17) is 4.52 Å². The number of likely N-dealkylation sites (tertiary alicyclic amines) is 1. The van der Waals surface area contributed by atoms with Gasteiger partial charge in [0.25, 0.3) is 0 Å². The van der Waals surface area contributed by atoms with Gasteiger partial charge in [-0.05, 0) is 68.7 Å². The van der Waals surface area contributed by atoms with Crippen molar-refractivity contribution in [3.8, 4) is 11.4 Å². The average Bonchev–Trinajstić information content (AvgIpc) is 3.58. The molecule has 8 nitrogen and oxygen atoms in total. The second-order valence-corrected chi connectivity index (χ2v) is 11.9. The van der Waals surface area contributed by atoms with Crippen molar-refractivity contribution >= 4 is 15.9 Å². The molecule has 0 spiro atoms. The monoisotopic (exact) mass is 486 g/mol. The predicted molar refractivity (Wildman–Crippen MR) is 127 cm³/mol. The molecule has 9 heteroatoms. The molecule has 3 aliphatic rings. The van der Waals surface area contributed by atoms with E-state index < -0.39 is 10.0 Å². The van der Waals surface area contributed by atoms with Gasteiger partial charge in [0, 0.05) is 38.2 Å². The van der Waals surface area contributed by atoms with Crippen LogP contribution in [0.1, 0.15) is 76.0 Å². The van der Waals surface area contributed by atoms with Crippen molar-refractivity contribution in [3.63, 3.8) is 0 Å². The van der Waals surface area contributed by atoms with E-state index in [0.29, 0.717) is 48.6 Å². The molecule has 1 aliphatic carbocycles. The van der Waals surface area contributed by atoms with E-state index in [1.54, 1.807) is 28.6 Å². The van der Waals surface area contributed by atoms with Crippen LogP contribution >= 0.6 is 0 Å². The molecule has 0 radical (unpaired) electrons. The van der Waals surface area contributed by atoms with Crippen LogP contribution in [0.4, 0.5) is 0 Å². The normalized spacial score (nSPS) is 22.8. The first-order valence-electron chi connectivity index (χ1n) is 12.7. The Kier molecular flexibility index (Phi) is 7.01. The van der Waals surface area contributed by atoms with E-state index in [1.165, 1.54) is 32.1 Å². The van der Waals surface area contributed by atoms with Gasteiger partial charge in [-0.3, -0.25) is 4.79 Å². The van der Waals surface area contributed by atoms with Crippen LogP contribution in [0.15, 0.2) is 33.7 Å². The summed E-state index contributed by atoms with van der Waals surface area (Å²) in [5, 5.41) is 4.15. The van der Waals surface area contributed by atoms with Gasteiger partial charge in [-0.25, -0.2) is 8.42 Å². The van der Waals surface area contributed by atoms with Gasteiger partial charge < -0.3 is 9.42 Å². The zero-order valence-corrected chi connectivity index (χ0v) is 20.5. The lowest BCUT2D eigenvalue weighted by Gasteiger charge is -2.32. The first kappa shape index (κ1) is 23.5. The summed E-state index contributed by atoms with van der Waals surface area (Å²) in [5.74, 6) is 1.84. The fourth-order valence-electron chi connectivity index (χ4n) is 5.54. The molecule has 34 heavy (non-hydrogen) atoms. The molecule has 2 aromatic rings. The molecular formula is C25H34N4O4S. The Morgan fingerprint density at radius 3 is 2.41 bits per heavy atom. The number of amides is 1. The Labute approximate surface area is 201 Å². The Hall–Kier alpha value is -2.26. The van der Waals surface area contributed by atoms with Crippen LogP contribution in [0.2, 0.25) is 0 Å². The summed E-state index contributed by atoms with van der Waals surface area (Å²) >= 11 is 0. The highest BCUT2D eigenvalue weighted by Crippen LogP contribution is 2.31. The minimum Gasteiger partial charge on any atom is -0.342 e. The predicted octanol–water partition coefficient (Wildman–Crippen LogP) is 4.20. The zero-order valence-electron chi connectivity index (χ0n) is 19.7. The molecule has 2 saturated heterocycles. The maximum atomic E-state index is 12.9. The summed E-state index contributed by atoms with van der Waals surface area (Å²) in [7, 11) is -3.44. The molecule has 1 aromatic carbocycles. The number of aromatic nitrogens is 2. The molecule has 184 valence electrons. The summed E-state index contributed by atoms with van der Waals surface area (Å²) in [6.45, 7) is 2.59. The number of hydrogen-bond acceptors (Lipinski definition) is 6. The highest BCUT2D eigenvalue weighted by molar-refractivity contribution is 7.89. The summed E-state index contributed by atoms with van der Waals surface area (Å²) in [6.07, 6.45) is 10.5. The molecule has 2 aliphatic heterocycles. The summed E-state index contributed by atoms with van der Waals surface area (Å²) in [5.41, 5.74) is 0.719. The second-order valence-electron chi connectivity index (χ2n) is 9.98. The van der Waals surface area contributed by atoms with E-state index in [0.717, 1.165) is 37.8 Å². The second kappa shape index (κ2) is 10.2. The largest absolute Gasteiger partial charge is 0.342 e. The third kappa shape index (κ3) is 5.05. The van der Waals surface area contributed by atoms with E-state index in [2.05, 4.69) is 10.1 Å². The molecule has 1 saturated carbocycles. The zero-order chi connectivity index (χ0) is 23.5. The number of sulfonamides is 1. The molecular weight excluding hydrogens is 452 g/mol. The minimum atomic E-state index is -3.44. The number of piperidine rings is 1. The number of carbonyl (C=O) groups excluding carboxylic acids is 1. The highest BCUT2D eigenvalue weighted by Gasteiger charge is 2.30. The van der Waals surface area contributed by atoms with Gasteiger partial charge in [-0.15, -0.1) is 0 Å². The Balaban J connectivity index is 1.23. The maximum absolute atomic E-state index is 12.9. The van der Waals surface area contributed by atoms with E-state index >= 15 is 0 Å². The van der Waals surface area contributed by atoms with E-state index in [1.807, 2.05) is 4.90 Å². The quantitative estimate of drug-likeness (QED) is 0.607. The van der Waals surface area contributed by atoms with Gasteiger partial charge in [0.2, 0.25) is 27.6 Å². The van der Waals surface area contributed by atoms with Crippen LogP contribution < -0.4 is 0 Å². The summed E-state index contributed by atoms with van der Waals surface area (Å²) < 4.78 is 32.6. The van der Waals surface area contributed by atoms with Gasteiger partial charge in [-0.2, -0.15) is 9.29 Å². The molecule has 5 rings (SSSR count). The van der Waals surface area contributed by atoms with Crippen molar-refractivity contribution in [1.29, 1.82) is 0 Å². The van der Waals surface area contributed by atoms with Crippen molar-refractivity contribution in [1.82, 2.24) is 19.3 Å². The Morgan fingerprint density at radius 1 is 0.941 bits per heavy atom. The highest BCUT2D eigenvalue weighted by atomic mass is 32.2. The molecule has 0 bridgehead atoms. The molecule has 1 aromatic heterocycles.